The smallest absolute Gasteiger partial charge is 0.175 e. The van der Waals surface area contributed by atoms with Gasteiger partial charge in [0, 0.05) is 12.5 Å². The van der Waals surface area contributed by atoms with Crippen LogP contribution in [0.4, 0.5) is 5.82 Å². The van der Waals surface area contributed by atoms with Crippen LogP contribution < -0.4 is 15.4 Å². The Morgan fingerprint density at radius 2 is 1.96 bits per heavy atom. The van der Waals surface area contributed by atoms with E-state index in [1.807, 2.05) is 6.92 Å². The van der Waals surface area contributed by atoms with Gasteiger partial charge in [-0.05, 0) is 48.5 Å². The lowest BCUT2D eigenvalue weighted by atomic mass is 10.1. The third kappa shape index (κ3) is 5.14. The fraction of sp³-hybridized carbons (Fsp3) is 0.294. The fourth-order valence-corrected chi connectivity index (χ4v) is 3.19. The zero-order chi connectivity index (χ0) is 18.4. The zero-order valence-electron chi connectivity index (χ0n) is 14.3. The SMILES string of the molecule is CCC(NC(=S)Nc1ncccc1OC)c1ccc(S(C)(=O)=O)cc1. The lowest BCUT2D eigenvalue weighted by Crippen LogP contribution is -2.32. The van der Waals surface area contributed by atoms with E-state index in [-0.39, 0.29) is 6.04 Å². The molecule has 1 heterocycles. The fourth-order valence-electron chi connectivity index (χ4n) is 2.32. The second-order valence-corrected chi connectivity index (χ2v) is 7.88. The number of nitrogens with one attached hydrogen (secondary N) is 2. The number of methoxy groups -OCH3 is 1. The molecule has 6 nitrogen and oxygen atoms in total. The van der Waals surface area contributed by atoms with Gasteiger partial charge in [0.25, 0.3) is 0 Å². The molecule has 0 aliphatic carbocycles. The molecule has 2 rings (SSSR count). The van der Waals surface area contributed by atoms with E-state index in [4.69, 9.17) is 17.0 Å². The second-order valence-electron chi connectivity index (χ2n) is 5.45. The van der Waals surface area contributed by atoms with Gasteiger partial charge in [-0.3, -0.25) is 0 Å². The Hall–Kier alpha value is -2.19. The summed E-state index contributed by atoms with van der Waals surface area (Å²) in [6.07, 6.45) is 3.62. The van der Waals surface area contributed by atoms with Gasteiger partial charge in [-0.25, -0.2) is 13.4 Å². The van der Waals surface area contributed by atoms with Crippen LogP contribution in [0.2, 0.25) is 0 Å². The van der Waals surface area contributed by atoms with Crippen molar-refractivity contribution >= 4 is 33.0 Å². The highest BCUT2D eigenvalue weighted by Crippen LogP contribution is 2.22. The highest BCUT2D eigenvalue weighted by molar-refractivity contribution is 7.90. The van der Waals surface area contributed by atoms with Crippen molar-refractivity contribution in [2.75, 3.05) is 18.7 Å². The van der Waals surface area contributed by atoms with E-state index >= 15 is 0 Å². The maximum atomic E-state index is 11.6. The van der Waals surface area contributed by atoms with Gasteiger partial charge in [-0.2, -0.15) is 0 Å². The summed E-state index contributed by atoms with van der Waals surface area (Å²) in [5.41, 5.74) is 0.951. The van der Waals surface area contributed by atoms with Gasteiger partial charge >= 0.3 is 0 Å². The van der Waals surface area contributed by atoms with Gasteiger partial charge < -0.3 is 15.4 Å². The monoisotopic (exact) mass is 379 g/mol. The first kappa shape index (κ1) is 19.1. The van der Waals surface area contributed by atoms with Crippen molar-refractivity contribution in [3.05, 3.63) is 48.2 Å². The predicted molar refractivity (Wildman–Crippen MR) is 103 cm³/mol. The lowest BCUT2D eigenvalue weighted by Gasteiger charge is -2.20. The molecule has 0 saturated carbocycles. The molecule has 1 aromatic carbocycles. The number of hydrogen-bond donors (Lipinski definition) is 2. The van der Waals surface area contributed by atoms with Crippen molar-refractivity contribution in [3.63, 3.8) is 0 Å². The van der Waals surface area contributed by atoms with Crippen LogP contribution in [0.3, 0.4) is 0 Å². The van der Waals surface area contributed by atoms with E-state index in [0.717, 1.165) is 12.0 Å². The van der Waals surface area contributed by atoms with Crippen molar-refractivity contribution in [2.45, 2.75) is 24.3 Å². The van der Waals surface area contributed by atoms with Crippen LogP contribution in [0.15, 0.2) is 47.5 Å². The molecule has 1 unspecified atom stereocenters. The Kier molecular flexibility index (Phi) is 6.33. The molecule has 1 atom stereocenters. The molecule has 0 bridgehead atoms. The molecule has 25 heavy (non-hydrogen) atoms. The van der Waals surface area contributed by atoms with Crippen molar-refractivity contribution in [3.8, 4) is 5.75 Å². The first-order valence-corrected chi connectivity index (χ1v) is 10.0. The van der Waals surface area contributed by atoms with Gasteiger partial charge in [0.2, 0.25) is 0 Å². The summed E-state index contributed by atoms with van der Waals surface area (Å²) < 4.78 is 28.4. The average Bonchev–Trinajstić information content (AvgIpc) is 2.59. The summed E-state index contributed by atoms with van der Waals surface area (Å²) in [6, 6.07) is 10.3. The van der Waals surface area contributed by atoms with Gasteiger partial charge in [0.05, 0.1) is 18.0 Å². The van der Waals surface area contributed by atoms with Crippen LogP contribution in [0.1, 0.15) is 24.9 Å². The van der Waals surface area contributed by atoms with Crippen molar-refractivity contribution in [2.24, 2.45) is 0 Å². The molecule has 2 N–H and O–H groups in total. The number of benzene rings is 1. The van der Waals surface area contributed by atoms with E-state index in [1.54, 1.807) is 49.7 Å². The number of rotatable bonds is 6. The summed E-state index contributed by atoms with van der Waals surface area (Å²) in [5.74, 6) is 1.13. The van der Waals surface area contributed by atoms with Gasteiger partial charge in [-0.1, -0.05) is 19.1 Å². The van der Waals surface area contributed by atoms with Crippen molar-refractivity contribution < 1.29 is 13.2 Å². The molecule has 0 fully saturated rings. The number of ether oxygens (including phenoxy) is 1. The molecule has 0 radical (unpaired) electrons. The van der Waals surface area contributed by atoms with E-state index in [9.17, 15) is 8.42 Å². The standard InChI is InChI=1S/C17H21N3O3S2/c1-4-14(12-7-9-13(10-8-12)25(3,21)22)19-17(24)20-16-15(23-2)6-5-11-18-16/h5-11,14H,4H2,1-3H3,(H2,18,19,20,24). The molecule has 0 saturated heterocycles. The van der Waals surface area contributed by atoms with Gasteiger partial charge in [0.15, 0.2) is 26.5 Å². The average molecular weight is 380 g/mol. The lowest BCUT2D eigenvalue weighted by molar-refractivity contribution is 0.415. The maximum Gasteiger partial charge on any atom is 0.175 e. The van der Waals surface area contributed by atoms with Crippen LogP contribution in [-0.4, -0.2) is 31.9 Å². The Morgan fingerprint density at radius 1 is 1.28 bits per heavy atom. The van der Waals surface area contributed by atoms with Crippen molar-refractivity contribution in [1.82, 2.24) is 10.3 Å². The largest absolute Gasteiger partial charge is 0.493 e. The molecule has 0 aliphatic rings. The minimum Gasteiger partial charge on any atom is -0.493 e. The van der Waals surface area contributed by atoms with Crippen LogP contribution in [0.5, 0.6) is 5.75 Å². The first-order chi connectivity index (χ1) is 11.8. The van der Waals surface area contributed by atoms with Crippen LogP contribution in [-0.2, 0) is 9.84 Å². The Labute approximate surface area is 153 Å². The van der Waals surface area contributed by atoms with E-state index in [2.05, 4.69) is 15.6 Å². The molecule has 8 heteroatoms. The van der Waals surface area contributed by atoms with Gasteiger partial charge in [-0.15, -0.1) is 0 Å². The molecular weight excluding hydrogens is 358 g/mol. The maximum absolute atomic E-state index is 11.6. The molecule has 0 amide bonds. The minimum atomic E-state index is -3.20. The summed E-state index contributed by atoms with van der Waals surface area (Å²) >= 11 is 5.36. The number of aromatic nitrogens is 1. The van der Waals surface area contributed by atoms with Crippen LogP contribution in [0, 0.1) is 0 Å². The number of nitrogens with zero attached hydrogens (tertiary/aromatic N) is 1. The molecule has 0 spiro atoms. The molecule has 134 valence electrons. The Morgan fingerprint density at radius 3 is 2.52 bits per heavy atom. The molecule has 1 aromatic heterocycles. The van der Waals surface area contributed by atoms with Crippen LogP contribution >= 0.6 is 12.2 Å². The summed E-state index contributed by atoms with van der Waals surface area (Å²) in [5, 5.41) is 6.65. The number of thiocarbonyl (C=S) groups is 1. The second kappa shape index (κ2) is 8.26. The highest BCUT2D eigenvalue weighted by Gasteiger charge is 2.14. The summed E-state index contributed by atoms with van der Waals surface area (Å²) in [4.78, 5) is 4.50. The van der Waals surface area contributed by atoms with Crippen LogP contribution in [0.25, 0.3) is 0 Å². The summed E-state index contributed by atoms with van der Waals surface area (Å²) in [6.45, 7) is 2.02. The Balaban J connectivity index is 2.09. The quantitative estimate of drug-likeness (QED) is 0.747. The van der Waals surface area contributed by atoms with E-state index < -0.39 is 9.84 Å². The van der Waals surface area contributed by atoms with Crippen molar-refractivity contribution in [1.29, 1.82) is 0 Å². The normalized spacial score (nSPS) is 12.3. The van der Waals surface area contributed by atoms with E-state index in [1.165, 1.54) is 6.26 Å². The number of sulfone groups is 1. The number of anilines is 1. The third-order valence-electron chi connectivity index (χ3n) is 3.65. The third-order valence-corrected chi connectivity index (χ3v) is 5.00. The topological polar surface area (TPSA) is 80.3 Å². The zero-order valence-corrected chi connectivity index (χ0v) is 15.9. The predicted octanol–water partition coefficient (Wildman–Crippen LogP) is 2.93. The number of pyridine rings is 1. The summed E-state index contributed by atoms with van der Waals surface area (Å²) in [7, 11) is -1.64. The molecule has 0 aliphatic heterocycles. The first-order valence-electron chi connectivity index (χ1n) is 7.71. The molecule has 2 aromatic rings. The minimum absolute atomic E-state index is 0.0525. The Bertz CT molecular complexity index is 836. The molecular formula is C17H21N3O3S2. The van der Waals surface area contributed by atoms with Gasteiger partial charge in [0.1, 0.15) is 0 Å². The van der Waals surface area contributed by atoms with E-state index in [0.29, 0.717) is 21.6 Å². The number of hydrogen-bond acceptors (Lipinski definition) is 5. The highest BCUT2D eigenvalue weighted by atomic mass is 32.2.